The molecule has 1 aliphatic rings. The molecular weight excluding hydrogens is 162 g/mol. The molecule has 1 rings (SSSR count). The quantitative estimate of drug-likeness (QED) is 0.701. The highest BCUT2D eigenvalue weighted by Crippen LogP contribution is 2.19. The van der Waals surface area contributed by atoms with Gasteiger partial charge in [-0.25, -0.2) is 0 Å². The van der Waals surface area contributed by atoms with Crippen LogP contribution in [0.5, 0.6) is 0 Å². The van der Waals surface area contributed by atoms with Crippen LogP contribution in [0.4, 0.5) is 0 Å². The van der Waals surface area contributed by atoms with E-state index < -0.39 is 0 Å². The molecule has 0 unspecified atom stereocenters. The first-order valence-corrected chi connectivity index (χ1v) is 5.48. The third-order valence-corrected chi connectivity index (χ3v) is 2.90. The Hall–Kier alpha value is -0.0800. The lowest BCUT2D eigenvalue weighted by Gasteiger charge is -2.28. The van der Waals surface area contributed by atoms with Gasteiger partial charge in [-0.15, -0.1) is 0 Å². The first-order valence-electron chi connectivity index (χ1n) is 5.48. The fourth-order valence-electron chi connectivity index (χ4n) is 1.78. The van der Waals surface area contributed by atoms with Crippen LogP contribution in [0.25, 0.3) is 0 Å². The van der Waals surface area contributed by atoms with Gasteiger partial charge in [0.25, 0.3) is 0 Å². The van der Waals surface area contributed by atoms with Gasteiger partial charge in [-0.3, -0.25) is 0 Å². The fraction of sp³-hybridized carbons (Fsp3) is 1.00. The molecule has 2 N–H and O–H groups in total. The maximum atomic E-state index is 9.08. The summed E-state index contributed by atoms with van der Waals surface area (Å²) in [5, 5.41) is 12.6. The van der Waals surface area contributed by atoms with E-state index in [4.69, 9.17) is 5.11 Å². The van der Waals surface area contributed by atoms with E-state index in [1.54, 1.807) is 0 Å². The summed E-state index contributed by atoms with van der Waals surface area (Å²) in [5.41, 5.74) is 0.0391. The highest BCUT2D eigenvalue weighted by atomic mass is 16.3. The van der Waals surface area contributed by atoms with Gasteiger partial charge >= 0.3 is 0 Å². The average Bonchev–Trinajstić information content (AvgIpc) is 2.17. The van der Waals surface area contributed by atoms with Crippen molar-refractivity contribution >= 4 is 0 Å². The molecule has 0 amide bonds. The van der Waals surface area contributed by atoms with E-state index in [1.807, 2.05) is 0 Å². The molecule has 1 fully saturated rings. The fourth-order valence-corrected chi connectivity index (χ4v) is 1.78. The zero-order valence-electron chi connectivity index (χ0n) is 8.97. The Labute approximate surface area is 81.7 Å². The molecule has 13 heavy (non-hydrogen) atoms. The molecule has 1 saturated carbocycles. The minimum Gasteiger partial charge on any atom is -0.396 e. The molecule has 1 aliphatic carbocycles. The van der Waals surface area contributed by atoms with Crippen molar-refractivity contribution in [2.24, 2.45) is 5.41 Å². The molecule has 0 spiro atoms. The van der Waals surface area contributed by atoms with Crippen molar-refractivity contribution in [2.45, 2.75) is 52.0 Å². The molecule has 78 valence electrons. The predicted molar refractivity (Wildman–Crippen MR) is 55.7 cm³/mol. The number of hydrogen-bond donors (Lipinski definition) is 2. The number of nitrogens with one attached hydrogen (secondary N) is 1. The number of rotatable bonds is 4. The molecule has 2 nitrogen and oxygen atoms in total. The zero-order chi connectivity index (χ0) is 9.73. The molecule has 0 aromatic carbocycles. The summed E-state index contributed by atoms with van der Waals surface area (Å²) in [6.45, 7) is 5.41. The molecule has 0 saturated heterocycles. The van der Waals surface area contributed by atoms with Gasteiger partial charge in [-0.2, -0.15) is 0 Å². The standard InChI is InChI=1S/C11H23NO/c1-11(2,9-13)8-12-10-6-4-3-5-7-10/h10,12-13H,3-9H2,1-2H3. The smallest absolute Gasteiger partial charge is 0.0494 e. The molecule has 0 heterocycles. The van der Waals surface area contributed by atoms with Gasteiger partial charge in [0, 0.05) is 24.6 Å². The summed E-state index contributed by atoms with van der Waals surface area (Å²) < 4.78 is 0. The highest BCUT2D eigenvalue weighted by molar-refractivity contribution is 4.77. The van der Waals surface area contributed by atoms with Crippen molar-refractivity contribution in [3.05, 3.63) is 0 Å². The largest absolute Gasteiger partial charge is 0.396 e. The summed E-state index contributed by atoms with van der Waals surface area (Å²) >= 11 is 0. The maximum Gasteiger partial charge on any atom is 0.0494 e. The van der Waals surface area contributed by atoms with Crippen molar-refractivity contribution < 1.29 is 5.11 Å². The van der Waals surface area contributed by atoms with Crippen LogP contribution >= 0.6 is 0 Å². The van der Waals surface area contributed by atoms with Crippen LogP contribution in [0, 0.1) is 5.41 Å². The normalized spacial score (nSPS) is 20.5. The summed E-state index contributed by atoms with van der Waals surface area (Å²) in [4.78, 5) is 0. The Morgan fingerprint density at radius 3 is 2.38 bits per heavy atom. The first-order chi connectivity index (χ1) is 6.14. The lowest BCUT2D eigenvalue weighted by Crippen LogP contribution is -2.39. The van der Waals surface area contributed by atoms with Crippen LogP contribution in [0.1, 0.15) is 46.0 Å². The van der Waals surface area contributed by atoms with E-state index >= 15 is 0 Å². The number of aliphatic hydroxyl groups is 1. The van der Waals surface area contributed by atoms with E-state index in [2.05, 4.69) is 19.2 Å². The molecule has 0 aromatic rings. The van der Waals surface area contributed by atoms with Gasteiger partial charge < -0.3 is 10.4 Å². The van der Waals surface area contributed by atoms with Crippen molar-refractivity contribution in [1.29, 1.82) is 0 Å². The van der Waals surface area contributed by atoms with Crippen molar-refractivity contribution in [1.82, 2.24) is 5.32 Å². The van der Waals surface area contributed by atoms with Crippen LogP contribution in [-0.4, -0.2) is 24.3 Å². The predicted octanol–water partition coefficient (Wildman–Crippen LogP) is 1.93. The van der Waals surface area contributed by atoms with E-state index in [9.17, 15) is 0 Å². The molecule has 0 aliphatic heterocycles. The topological polar surface area (TPSA) is 32.3 Å². The second-order valence-corrected chi connectivity index (χ2v) is 5.04. The monoisotopic (exact) mass is 185 g/mol. The third kappa shape index (κ3) is 4.10. The van der Waals surface area contributed by atoms with E-state index in [0.29, 0.717) is 6.04 Å². The number of hydrogen-bond acceptors (Lipinski definition) is 2. The van der Waals surface area contributed by atoms with Crippen LogP contribution in [-0.2, 0) is 0 Å². The Kier molecular flexibility index (Phi) is 4.20. The molecule has 0 bridgehead atoms. The Balaban J connectivity index is 2.17. The summed E-state index contributed by atoms with van der Waals surface area (Å²) in [7, 11) is 0. The Morgan fingerprint density at radius 2 is 1.85 bits per heavy atom. The van der Waals surface area contributed by atoms with E-state index in [0.717, 1.165) is 6.54 Å². The first kappa shape index (κ1) is 11.0. The molecule has 0 atom stereocenters. The van der Waals surface area contributed by atoms with Crippen molar-refractivity contribution in [3.63, 3.8) is 0 Å². The summed E-state index contributed by atoms with van der Waals surface area (Å²) in [6.07, 6.45) is 6.79. The second kappa shape index (κ2) is 4.97. The van der Waals surface area contributed by atoms with Crippen molar-refractivity contribution in [3.8, 4) is 0 Å². The molecule has 0 aromatic heterocycles. The highest BCUT2D eigenvalue weighted by Gasteiger charge is 2.19. The molecular formula is C11H23NO. The van der Waals surface area contributed by atoms with Crippen LogP contribution in [0.2, 0.25) is 0 Å². The minimum atomic E-state index is 0.0391. The number of aliphatic hydroxyl groups excluding tert-OH is 1. The van der Waals surface area contributed by atoms with Gasteiger partial charge in [0.1, 0.15) is 0 Å². The van der Waals surface area contributed by atoms with Gasteiger partial charge in [0.05, 0.1) is 0 Å². The Morgan fingerprint density at radius 1 is 1.23 bits per heavy atom. The SMILES string of the molecule is CC(C)(CO)CNC1CCCCC1. The molecule has 2 heteroatoms. The second-order valence-electron chi connectivity index (χ2n) is 5.04. The van der Waals surface area contributed by atoms with Crippen LogP contribution < -0.4 is 5.32 Å². The van der Waals surface area contributed by atoms with Gasteiger partial charge in [-0.05, 0) is 12.8 Å². The van der Waals surface area contributed by atoms with E-state index in [-0.39, 0.29) is 12.0 Å². The van der Waals surface area contributed by atoms with Gasteiger partial charge in [-0.1, -0.05) is 33.1 Å². The average molecular weight is 185 g/mol. The lowest BCUT2D eigenvalue weighted by atomic mass is 9.91. The Bertz CT molecular complexity index is 139. The molecule has 0 radical (unpaired) electrons. The third-order valence-electron chi connectivity index (χ3n) is 2.90. The summed E-state index contributed by atoms with van der Waals surface area (Å²) in [5.74, 6) is 0. The van der Waals surface area contributed by atoms with E-state index in [1.165, 1.54) is 32.1 Å². The minimum absolute atomic E-state index is 0.0391. The lowest BCUT2D eigenvalue weighted by molar-refractivity contribution is 0.150. The van der Waals surface area contributed by atoms with Gasteiger partial charge in [0.15, 0.2) is 0 Å². The maximum absolute atomic E-state index is 9.08. The summed E-state index contributed by atoms with van der Waals surface area (Å²) in [6, 6.07) is 0.708. The van der Waals surface area contributed by atoms with Crippen LogP contribution in [0.3, 0.4) is 0 Å². The van der Waals surface area contributed by atoms with Crippen molar-refractivity contribution in [2.75, 3.05) is 13.2 Å². The van der Waals surface area contributed by atoms with Crippen LogP contribution in [0.15, 0.2) is 0 Å². The van der Waals surface area contributed by atoms with Gasteiger partial charge in [0.2, 0.25) is 0 Å². The zero-order valence-corrected chi connectivity index (χ0v) is 8.97.